The Kier molecular flexibility index (Phi) is 7.67. The van der Waals surface area contributed by atoms with Crippen LogP contribution in [-0.4, -0.2) is 25.3 Å². The minimum absolute atomic E-state index is 0.111. The molecule has 6 rings (SSSR count). The van der Waals surface area contributed by atoms with Crippen molar-refractivity contribution >= 4 is 12.0 Å². The number of ether oxygens (including phenoxy) is 2. The van der Waals surface area contributed by atoms with Crippen LogP contribution in [0.1, 0.15) is 112 Å². The van der Waals surface area contributed by atoms with E-state index in [0.717, 1.165) is 29.7 Å². The molecule has 0 aromatic heterocycles. The molecule has 0 radical (unpaired) electrons. The molecule has 3 heteroatoms. The predicted molar refractivity (Wildman–Crippen MR) is 176 cm³/mol. The van der Waals surface area contributed by atoms with Gasteiger partial charge in [-0.1, -0.05) is 97.4 Å². The Balaban J connectivity index is 1.31. The lowest BCUT2D eigenvalue weighted by Crippen LogP contribution is -2.67. The maximum atomic E-state index is 13.2. The van der Waals surface area contributed by atoms with E-state index in [1.54, 1.807) is 6.08 Å². The van der Waals surface area contributed by atoms with Crippen molar-refractivity contribution in [1.29, 1.82) is 0 Å². The Labute approximate surface area is 262 Å². The van der Waals surface area contributed by atoms with Crippen molar-refractivity contribution < 1.29 is 14.3 Å². The SMILES string of the molecule is CO[C@H]1C[C@@]2(C)C(CC[C@]3(C)C2CC=C2C4[C@@H](C)[C@H](C)CC[C@]4(C)CC[C@]23C)C(C)(C)[C@@H]1OC(=O)C=Cc1ccccc1. The zero-order valence-corrected chi connectivity index (χ0v) is 28.5. The second-order valence-electron chi connectivity index (χ2n) is 17.2. The number of allylic oxidation sites excluding steroid dienone is 2. The fraction of sp³-hybridized carbons (Fsp3) is 0.725. The summed E-state index contributed by atoms with van der Waals surface area (Å²) in [6.07, 6.45) is 15.9. The first-order valence-electron chi connectivity index (χ1n) is 17.4. The van der Waals surface area contributed by atoms with Gasteiger partial charge in [-0.05, 0) is 114 Å². The maximum Gasteiger partial charge on any atom is 0.331 e. The van der Waals surface area contributed by atoms with Crippen molar-refractivity contribution in [1.82, 2.24) is 0 Å². The molecule has 1 aromatic carbocycles. The van der Waals surface area contributed by atoms with Crippen LogP contribution in [0.5, 0.6) is 0 Å². The van der Waals surface area contributed by atoms with Crippen molar-refractivity contribution in [2.75, 3.05) is 7.11 Å². The highest BCUT2D eigenvalue weighted by Gasteiger charge is 2.69. The highest BCUT2D eigenvalue weighted by Crippen LogP contribution is 2.75. The molecule has 0 bridgehead atoms. The summed E-state index contributed by atoms with van der Waals surface area (Å²) in [5.74, 6) is 3.09. The zero-order valence-electron chi connectivity index (χ0n) is 28.5. The Bertz CT molecular complexity index is 1280. The summed E-state index contributed by atoms with van der Waals surface area (Å²) in [5, 5.41) is 0. The van der Waals surface area contributed by atoms with Gasteiger partial charge >= 0.3 is 5.97 Å². The van der Waals surface area contributed by atoms with E-state index in [2.05, 4.69) is 61.5 Å². The van der Waals surface area contributed by atoms with Gasteiger partial charge in [0.1, 0.15) is 6.10 Å². The summed E-state index contributed by atoms with van der Waals surface area (Å²) in [6, 6.07) is 9.97. The van der Waals surface area contributed by atoms with E-state index in [9.17, 15) is 4.79 Å². The number of rotatable bonds is 4. The average molecular weight is 587 g/mol. The second-order valence-corrected chi connectivity index (χ2v) is 17.2. The molecular weight excluding hydrogens is 528 g/mol. The number of hydrogen-bond donors (Lipinski definition) is 0. The van der Waals surface area contributed by atoms with Crippen LogP contribution in [0.4, 0.5) is 0 Å². The first-order chi connectivity index (χ1) is 20.2. The number of fused-ring (bicyclic) bond motifs is 7. The monoisotopic (exact) mass is 586 g/mol. The largest absolute Gasteiger partial charge is 0.456 e. The van der Waals surface area contributed by atoms with Crippen LogP contribution in [0, 0.1) is 56.7 Å². The fourth-order valence-corrected chi connectivity index (χ4v) is 12.3. The van der Waals surface area contributed by atoms with Crippen molar-refractivity contribution in [3.63, 3.8) is 0 Å². The standard InChI is InChI=1S/C40H58O3/c1-26-19-21-37(5)23-24-39(7)29(34(37)27(26)2)16-17-32-38(6)25-30(42-9)35(36(3,4)31(38)20-22-40(32,39)8)43-33(41)18-15-28-13-11-10-12-14-28/h10-16,18,26-27,30-32,34-35H,17,19-25H2,1-9H3/t26-,27+,30+,31?,32?,34?,35-,37-,38+,39-,40-/m1/s1. The zero-order chi connectivity index (χ0) is 31.0. The predicted octanol–water partition coefficient (Wildman–Crippen LogP) is 9.91. The van der Waals surface area contributed by atoms with Gasteiger partial charge in [0.2, 0.25) is 0 Å². The number of carbonyl (C=O) groups is 1. The molecule has 5 aliphatic rings. The lowest BCUT2D eigenvalue weighted by molar-refractivity contribution is -0.242. The number of benzene rings is 1. The van der Waals surface area contributed by atoms with Crippen LogP contribution in [-0.2, 0) is 14.3 Å². The average Bonchev–Trinajstić information content (AvgIpc) is 2.96. The van der Waals surface area contributed by atoms with E-state index in [1.165, 1.54) is 44.9 Å². The lowest BCUT2D eigenvalue weighted by atomic mass is 9.33. The molecule has 0 aliphatic heterocycles. The van der Waals surface area contributed by atoms with Gasteiger partial charge in [0.15, 0.2) is 0 Å². The van der Waals surface area contributed by atoms with Crippen LogP contribution in [0.2, 0.25) is 0 Å². The summed E-state index contributed by atoms with van der Waals surface area (Å²) >= 11 is 0. The Morgan fingerprint density at radius 1 is 0.907 bits per heavy atom. The Morgan fingerprint density at radius 3 is 2.33 bits per heavy atom. The minimum Gasteiger partial charge on any atom is -0.456 e. The van der Waals surface area contributed by atoms with E-state index in [-0.39, 0.29) is 39.8 Å². The number of hydrogen-bond acceptors (Lipinski definition) is 3. The number of methoxy groups -OCH3 is 1. The summed E-state index contributed by atoms with van der Waals surface area (Å²) in [4.78, 5) is 13.2. The molecule has 236 valence electrons. The van der Waals surface area contributed by atoms with Gasteiger partial charge in [-0.25, -0.2) is 4.79 Å². The first kappa shape index (κ1) is 31.1. The van der Waals surface area contributed by atoms with Crippen LogP contribution in [0.3, 0.4) is 0 Å². The molecule has 0 N–H and O–H groups in total. The lowest BCUT2D eigenvalue weighted by Gasteiger charge is -2.72. The smallest absolute Gasteiger partial charge is 0.331 e. The first-order valence-corrected chi connectivity index (χ1v) is 17.4. The molecule has 11 atom stereocenters. The minimum atomic E-state index is -0.271. The normalized spacial score (nSPS) is 47.0. The van der Waals surface area contributed by atoms with Crippen molar-refractivity contribution in [2.24, 2.45) is 56.7 Å². The van der Waals surface area contributed by atoms with Crippen LogP contribution < -0.4 is 0 Å². The van der Waals surface area contributed by atoms with Gasteiger partial charge < -0.3 is 9.47 Å². The van der Waals surface area contributed by atoms with E-state index >= 15 is 0 Å². The van der Waals surface area contributed by atoms with Gasteiger partial charge in [0, 0.05) is 18.6 Å². The topological polar surface area (TPSA) is 35.5 Å². The maximum absolute atomic E-state index is 13.2. The molecule has 1 aromatic rings. The van der Waals surface area contributed by atoms with Crippen molar-refractivity contribution in [2.45, 2.75) is 119 Å². The van der Waals surface area contributed by atoms with Crippen molar-refractivity contribution in [3.05, 3.63) is 53.6 Å². The molecule has 4 saturated carbocycles. The molecule has 3 unspecified atom stereocenters. The van der Waals surface area contributed by atoms with Gasteiger partial charge in [0.25, 0.3) is 0 Å². The molecule has 0 spiro atoms. The highest BCUT2D eigenvalue weighted by molar-refractivity contribution is 5.87. The second kappa shape index (κ2) is 10.6. The van der Waals surface area contributed by atoms with Gasteiger partial charge in [-0.3, -0.25) is 0 Å². The quantitative estimate of drug-likeness (QED) is 0.200. The van der Waals surface area contributed by atoms with Crippen LogP contribution in [0.25, 0.3) is 6.08 Å². The Hall–Kier alpha value is -1.87. The molecule has 0 saturated heterocycles. The molecule has 43 heavy (non-hydrogen) atoms. The van der Waals surface area contributed by atoms with E-state index in [4.69, 9.17) is 9.47 Å². The molecule has 4 fully saturated rings. The number of carbonyl (C=O) groups excluding carboxylic acids is 1. The van der Waals surface area contributed by atoms with E-state index in [0.29, 0.717) is 17.3 Å². The van der Waals surface area contributed by atoms with E-state index < -0.39 is 0 Å². The third kappa shape index (κ3) is 4.56. The van der Waals surface area contributed by atoms with Crippen molar-refractivity contribution in [3.8, 4) is 0 Å². The molecule has 3 nitrogen and oxygen atoms in total. The summed E-state index contributed by atoms with van der Waals surface area (Å²) < 4.78 is 12.6. The molecular formula is C40H58O3. The van der Waals surface area contributed by atoms with Crippen LogP contribution >= 0.6 is 0 Å². The summed E-state index contributed by atoms with van der Waals surface area (Å²) in [7, 11) is 1.82. The van der Waals surface area contributed by atoms with E-state index in [1.807, 2.05) is 49.1 Å². The van der Waals surface area contributed by atoms with Gasteiger partial charge in [-0.2, -0.15) is 0 Å². The third-order valence-corrected chi connectivity index (χ3v) is 15.0. The van der Waals surface area contributed by atoms with Crippen LogP contribution in [0.15, 0.2) is 48.1 Å². The van der Waals surface area contributed by atoms with Gasteiger partial charge in [0.05, 0.1) is 6.10 Å². The fourth-order valence-electron chi connectivity index (χ4n) is 12.3. The Morgan fingerprint density at radius 2 is 1.63 bits per heavy atom. The highest BCUT2D eigenvalue weighted by atomic mass is 16.6. The molecule has 0 amide bonds. The molecule has 0 heterocycles. The molecule has 5 aliphatic carbocycles. The number of esters is 1. The summed E-state index contributed by atoms with van der Waals surface area (Å²) in [6.45, 7) is 20.3. The summed E-state index contributed by atoms with van der Waals surface area (Å²) in [5.41, 5.74) is 3.74. The third-order valence-electron chi connectivity index (χ3n) is 15.0. The van der Waals surface area contributed by atoms with Gasteiger partial charge in [-0.15, -0.1) is 0 Å².